The lowest BCUT2D eigenvalue weighted by Gasteiger charge is -2.33. The molecule has 5 heterocycles. The molecule has 0 atom stereocenters. The van der Waals surface area contributed by atoms with Crippen LogP contribution in [-0.2, 0) is 36.0 Å². The largest absolute Gasteiger partial charge is 0.377 e. The van der Waals surface area contributed by atoms with Crippen molar-refractivity contribution in [2.45, 2.75) is 38.8 Å². The predicted octanol–water partition coefficient (Wildman–Crippen LogP) is 2.84. The van der Waals surface area contributed by atoms with Crippen molar-refractivity contribution in [2.75, 3.05) is 31.2 Å². The van der Waals surface area contributed by atoms with Crippen LogP contribution in [0.5, 0.6) is 0 Å². The van der Waals surface area contributed by atoms with Gasteiger partial charge in [-0.1, -0.05) is 6.07 Å². The number of amides is 1. The Morgan fingerprint density at radius 1 is 1.16 bits per heavy atom. The molecule has 166 valence electrons. The van der Waals surface area contributed by atoms with Gasteiger partial charge in [0.05, 0.1) is 31.5 Å². The maximum Gasteiger partial charge on any atom is 0.219 e. The number of fused-ring (bicyclic) bond motifs is 2. The Balaban J connectivity index is 1.42. The average molecular weight is 433 g/mol. The second-order valence-corrected chi connectivity index (χ2v) is 9.01. The van der Waals surface area contributed by atoms with Gasteiger partial charge in [0.2, 0.25) is 5.91 Å². The molecule has 1 aromatic carbocycles. The zero-order valence-electron chi connectivity index (χ0n) is 18.6. The van der Waals surface area contributed by atoms with E-state index in [0.29, 0.717) is 25.8 Å². The summed E-state index contributed by atoms with van der Waals surface area (Å²) in [7, 11) is 1.98. The molecule has 0 aliphatic carbocycles. The Kier molecular flexibility index (Phi) is 4.57. The number of aromatic nitrogens is 4. The van der Waals surface area contributed by atoms with Gasteiger partial charge in [0.25, 0.3) is 0 Å². The molecule has 1 saturated heterocycles. The van der Waals surface area contributed by atoms with Crippen molar-refractivity contribution in [1.82, 2.24) is 24.5 Å². The summed E-state index contributed by atoms with van der Waals surface area (Å²) in [5.74, 6) is 1.13. The quantitative estimate of drug-likeness (QED) is 0.637. The number of carbonyl (C=O) groups excluding carboxylic acids is 1. The zero-order valence-corrected chi connectivity index (χ0v) is 18.6. The van der Waals surface area contributed by atoms with Gasteiger partial charge in [0.1, 0.15) is 0 Å². The fraction of sp³-hybridized carbons (Fsp3) is 0.458. The molecule has 8 heteroatoms. The van der Waals surface area contributed by atoms with Crippen molar-refractivity contribution < 1.29 is 9.53 Å². The summed E-state index contributed by atoms with van der Waals surface area (Å²) in [4.78, 5) is 16.4. The number of aryl methyl sites for hydroxylation is 2. The third kappa shape index (κ3) is 3.04. The molecule has 0 N–H and O–H groups in total. The summed E-state index contributed by atoms with van der Waals surface area (Å²) >= 11 is 0. The first-order valence-corrected chi connectivity index (χ1v) is 11.4. The summed E-state index contributed by atoms with van der Waals surface area (Å²) < 4.78 is 9.56. The Hall–Kier alpha value is -3.13. The van der Waals surface area contributed by atoms with Crippen LogP contribution in [-0.4, -0.2) is 56.7 Å². The summed E-state index contributed by atoms with van der Waals surface area (Å²) in [5.41, 5.74) is 7.33. The average Bonchev–Trinajstić information content (AvgIpc) is 3.35. The maximum atomic E-state index is 12.1. The molecule has 3 aromatic rings. The van der Waals surface area contributed by atoms with Gasteiger partial charge in [-0.3, -0.25) is 14.2 Å². The Bertz CT molecular complexity index is 1190. The highest BCUT2D eigenvalue weighted by atomic mass is 16.5. The van der Waals surface area contributed by atoms with Crippen LogP contribution in [0.25, 0.3) is 11.3 Å². The number of carbonyl (C=O) groups is 1. The van der Waals surface area contributed by atoms with E-state index in [-0.39, 0.29) is 5.91 Å². The first-order valence-electron chi connectivity index (χ1n) is 11.4. The van der Waals surface area contributed by atoms with Crippen molar-refractivity contribution in [3.8, 4) is 11.3 Å². The molecule has 0 unspecified atom stereocenters. The minimum Gasteiger partial charge on any atom is -0.377 e. The Labute approximate surface area is 187 Å². The summed E-state index contributed by atoms with van der Waals surface area (Å²) in [5, 5.41) is 9.45. The van der Waals surface area contributed by atoms with Crippen LogP contribution in [0.3, 0.4) is 0 Å². The van der Waals surface area contributed by atoms with Gasteiger partial charge in [0.15, 0.2) is 5.82 Å². The first-order chi connectivity index (χ1) is 15.6. The molecule has 8 nitrogen and oxygen atoms in total. The van der Waals surface area contributed by atoms with E-state index in [0.717, 1.165) is 43.9 Å². The van der Waals surface area contributed by atoms with Gasteiger partial charge in [-0.25, -0.2) is 0 Å². The second-order valence-electron chi connectivity index (χ2n) is 9.01. The number of rotatable bonds is 3. The fourth-order valence-corrected chi connectivity index (χ4v) is 5.21. The van der Waals surface area contributed by atoms with Crippen molar-refractivity contribution in [1.29, 1.82) is 0 Å². The molecule has 1 fully saturated rings. The minimum absolute atomic E-state index is 0.126. The monoisotopic (exact) mass is 432 g/mol. The fourth-order valence-electron chi connectivity index (χ4n) is 5.21. The Morgan fingerprint density at radius 2 is 2.03 bits per heavy atom. The third-order valence-corrected chi connectivity index (χ3v) is 7.05. The predicted molar refractivity (Wildman–Crippen MR) is 121 cm³/mol. The lowest BCUT2D eigenvalue weighted by molar-refractivity contribution is -0.129. The van der Waals surface area contributed by atoms with E-state index >= 15 is 0 Å². The number of ether oxygens (including phenoxy) is 1. The van der Waals surface area contributed by atoms with Gasteiger partial charge < -0.3 is 14.5 Å². The van der Waals surface area contributed by atoms with Crippen LogP contribution in [0, 0.1) is 0 Å². The van der Waals surface area contributed by atoms with E-state index in [1.54, 1.807) is 6.92 Å². The van der Waals surface area contributed by atoms with Crippen molar-refractivity contribution in [3.05, 3.63) is 47.3 Å². The van der Waals surface area contributed by atoms with Gasteiger partial charge in [-0.2, -0.15) is 10.2 Å². The van der Waals surface area contributed by atoms with Crippen LogP contribution in [0.4, 0.5) is 11.5 Å². The second kappa shape index (κ2) is 7.48. The van der Waals surface area contributed by atoms with E-state index < -0.39 is 0 Å². The molecule has 3 aliphatic heterocycles. The van der Waals surface area contributed by atoms with Gasteiger partial charge in [-0.05, 0) is 36.6 Å². The number of hydrogen-bond donors (Lipinski definition) is 0. The molecular weight excluding hydrogens is 404 g/mol. The normalized spacial score (nSPS) is 18.3. The summed E-state index contributed by atoms with van der Waals surface area (Å²) in [6.07, 6.45) is 4.81. The minimum atomic E-state index is 0.126. The standard InChI is InChI=1S/C24H28N6O2/c1-16(31)28-11-8-23-20(13-28)24(26-30(23)19-14-32-15-19)29-10-3-4-17-12-18(5-6-22(17)29)21-7-9-25-27(21)2/h5-7,9,12,19H,3-4,8,10-11,13-15H2,1-2H3. The molecular formula is C24H28N6O2. The lowest BCUT2D eigenvalue weighted by Crippen LogP contribution is -2.37. The van der Waals surface area contributed by atoms with Crippen LogP contribution < -0.4 is 4.90 Å². The molecule has 2 aromatic heterocycles. The number of benzene rings is 1. The van der Waals surface area contributed by atoms with Crippen molar-refractivity contribution in [3.63, 3.8) is 0 Å². The van der Waals surface area contributed by atoms with Crippen LogP contribution in [0.2, 0.25) is 0 Å². The zero-order chi connectivity index (χ0) is 21.8. The molecule has 32 heavy (non-hydrogen) atoms. The number of nitrogens with zero attached hydrogens (tertiary/aromatic N) is 6. The topological polar surface area (TPSA) is 68.4 Å². The molecule has 6 rings (SSSR count). The number of hydrogen-bond acceptors (Lipinski definition) is 5. The third-order valence-electron chi connectivity index (χ3n) is 7.05. The highest BCUT2D eigenvalue weighted by molar-refractivity contribution is 5.76. The first kappa shape index (κ1) is 19.5. The van der Waals surface area contributed by atoms with Gasteiger partial charge in [0, 0.05) is 62.2 Å². The highest BCUT2D eigenvalue weighted by Crippen LogP contribution is 2.40. The summed E-state index contributed by atoms with van der Waals surface area (Å²) in [6.45, 7) is 5.41. The van der Waals surface area contributed by atoms with Crippen LogP contribution >= 0.6 is 0 Å². The maximum absolute atomic E-state index is 12.1. The van der Waals surface area contributed by atoms with E-state index in [4.69, 9.17) is 9.84 Å². The molecule has 0 radical (unpaired) electrons. The molecule has 0 saturated carbocycles. The highest BCUT2D eigenvalue weighted by Gasteiger charge is 2.34. The summed E-state index contributed by atoms with van der Waals surface area (Å²) in [6, 6.07) is 9.05. The number of anilines is 2. The van der Waals surface area contributed by atoms with E-state index in [9.17, 15) is 4.79 Å². The van der Waals surface area contributed by atoms with Gasteiger partial charge in [-0.15, -0.1) is 0 Å². The SMILES string of the molecule is CC(=O)N1CCc2c(c(N3CCCc4cc(-c5ccnn5C)ccc43)nn2C2COC2)C1. The van der Waals surface area contributed by atoms with Crippen molar-refractivity contribution >= 4 is 17.4 Å². The van der Waals surface area contributed by atoms with Crippen LogP contribution in [0.1, 0.15) is 36.2 Å². The lowest BCUT2D eigenvalue weighted by atomic mass is 9.97. The molecule has 0 spiro atoms. The molecule has 0 bridgehead atoms. The van der Waals surface area contributed by atoms with Crippen molar-refractivity contribution in [2.24, 2.45) is 7.05 Å². The smallest absolute Gasteiger partial charge is 0.219 e. The Morgan fingerprint density at radius 3 is 2.75 bits per heavy atom. The van der Waals surface area contributed by atoms with E-state index in [1.165, 1.54) is 28.1 Å². The van der Waals surface area contributed by atoms with Crippen LogP contribution in [0.15, 0.2) is 30.5 Å². The van der Waals surface area contributed by atoms with Gasteiger partial charge >= 0.3 is 0 Å². The van der Waals surface area contributed by atoms with E-state index in [1.807, 2.05) is 22.8 Å². The molecule has 1 amide bonds. The van der Waals surface area contributed by atoms with E-state index in [2.05, 4.69) is 38.9 Å². The molecule has 3 aliphatic rings.